The second kappa shape index (κ2) is 9.23. The lowest BCUT2D eigenvalue weighted by Crippen LogP contribution is -2.46. The number of nitrogens with zero attached hydrogens (tertiary/aromatic N) is 3. The molecule has 0 aromatic carbocycles. The van der Waals surface area contributed by atoms with Crippen LogP contribution >= 0.6 is 0 Å². The van der Waals surface area contributed by atoms with Crippen LogP contribution in [0.4, 0.5) is 0 Å². The number of fused-ring (bicyclic) bond motifs is 4. The number of pyridine rings is 2. The van der Waals surface area contributed by atoms with Gasteiger partial charge in [-0.15, -0.1) is 0 Å². The largest absolute Gasteiger partial charge is 0.396 e. The molecule has 2 N–H and O–H groups in total. The first-order chi connectivity index (χ1) is 16.1. The standard InChI is InChI=1S/C26H32N4O3/c1-2-29-22-15-30-21(12-11-19(26(30)33)17-8-4-3-5-9-17)24(29)23(20(22)16-31)25(32)28-14-18-10-6-7-13-27-18/h6-8,10-13,20,22-24,31H,2-5,9,14-16H2,1H3,(H,28,32)/t20-,22-,23+,24+/m0/s1. The van der Waals surface area contributed by atoms with Crippen molar-refractivity contribution in [2.24, 2.45) is 11.8 Å². The molecule has 1 saturated heterocycles. The Hall–Kier alpha value is -2.77. The molecule has 2 aromatic heterocycles. The van der Waals surface area contributed by atoms with Gasteiger partial charge >= 0.3 is 0 Å². The lowest BCUT2D eigenvalue weighted by atomic mass is 9.86. The Morgan fingerprint density at radius 2 is 2.12 bits per heavy atom. The maximum Gasteiger partial charge on any atom is 0.258 e. The fraction of sp³-hybridized carbons (Fsp3) is 0.500. The maximum atomic E-state index is 13.5. The van der Waals surface area contributed by atoms with Gasteiger partial charge in [-0.25, -0.2) is 0 Å². The van der Waals surface area contributed by atoms with Gasteiger partial charge in [-0.2, -0.15) is 0 Å². The van der Waals surface area contributed by atoms with E-state index < -0.39 is 5.92 Å². The predicted molar refractivity (Wildman–Crippen MR) is 126 cm³/mol. The Kier molecular flexibility index (Phi) is 6.17. The summed E-state index contributed by atoms with van der Waals surface area (Å²) in [4.78, 5) is 33.6. The topological polar surface area (TPSA) is 87.5 Å². The molecule has 2 bridgehead atoms. The van der Waals surface area contributed by atoms with E-state index in [-0.39, 0.29) is 36.1 Å². The maximum absolute atomic E-state index is 13.5. The van der Waals surface area contributed by atoms with E-state index in [0.29, 0.717) is 13.1 Å². The summed E-state index contributed by atoms with van der Waals surface area (Å²) in [5, 5.41) is 13.4. The minimum atomic E-state index is -0.420. The van der Waals surface area contributed by atoms with Crippen LogP contribution in [-0.2, 0) is 17.9 Å². The number of hydrogen-bond acceptors (Lipinski definition) is 5. The van der Waals surface area contributed by atoms with Crippen LogP contribution in [0.1, 0.15) is 55.6 Å². The molecule has 4 heterocycles. The molecule has 7 nitrogen and oxygen atoms in total. The van der Waals surface area contributed by atoms with Gasteiger partial charge in [0.1, 0.15) is 0 Å². The highest BCUT2D eigenvalue weighted by atomic mass is 16.3. The van der Waals surface area contributed by atoms with Gasteiger partial charge in [-0.1, -0.05) is 19.1 Å². The molecule has 0 radical (unpaired) electrons. The van der Waals surface area contributed by atoms with Gasteiger partial charge in [-0.05, 0) is 62.1 Å². The van der Waals surface area contributed by atoms with Crippen LogP contribution in [0.3, 0.4) is 0 Å². The molecule has 3 aliphatic rings. The van der Waals surface area contributed by atoms with E-state index in [1.54, 1.807) is 6.20 Å². The molecule has 5 rings (SSSR count). The number of aliphatic hydroxyl groups is 1. The van der Waals surface area contributed by atoms with E-state index in [4.69, 9.17) is 0 Å². The Bertz CT molecular complexity index is 1110. The van der Waals surface area contributed by atoms with Gasteiger partial charge in [0.15, 0.2) is 0 Å². The molecule has 1 amide bonds. The van der Waals surface area contributed by atoms with Crippen molar-refractivity contribution in [3.63, 3.8) is 0 Å². The molecule has 2 aromatic rings. The van der Waals surface area contributed by atoms with E-state index in [0.717, 1.165) is 48.3 Å². The summed E-state index contributed by atoms with van der Waals surface area (Å²) >= 11 is 0. The molecule has 174 valence electrons. The highest BCUT2D eigenvalue weighted by Gasteiger charge is 2.55. The number of aromatic nitrogens is 2. The number of aliphatic hydroxyl groups excluding tert-OH is 1. The van der Waals surface area contributed by atoms with Gasteiger partial charge in [-0.3, -0.25) is 19.5 Å². The number of rotatable bonds is 6. The van der Waals surface area contributed by atoms with Crippen molar-refractivity contribution < 1.29 is 9.90 Å². The Morgan fingerprint density at radius 1 is 1.24 bits per heavy atom. The van der Waals surface area contributed by atoms with E-state index in [9.17, 15) is 14.7 Å². The minimum absolute atomic E-state index is 0.0395. The van der Waals surface area contributed by atoms with Crippen LogP contribution in [-0.4, -0.2) is 44.7 Å². The molecule has 4 atom stereocenters. The fourth-order valence-electron chi connectivity index (χ4n) is 6.08. The lowest BCUT2D eigenvalue weighted by molar-refractivity contribution is -0.127. The molecule has 1 aliphatic carbocycles. The number of hydrogen-bond donors (Lipinski definition) is 2. The van der Waals surface area contributed by atoms with Crippen LogP contribution < -0.4 is 10.9 Å². The summed E-state index contributed by atoms with van der Waals surface area (Å²) < 4.78 is 1.88. The number of nitrogens with one attached hydrogen (secondary N) is 1. The third-order valence-corrected chi connectivity index (χ3v) is 7.65. The first-order valence-electron chi connectivity index (χ1n) is 12.1. The molecule has 1 fully saturated rings. The van der Waals surface area contributed by atoms with Crippen molar-refractivity contribution in [1.82, 2.24) is 19.8 Å². The smallest absolute Gasteiger partial charge is 0.258 e. The third kappa shape index (κ3) is 3.83. The molecule has 2 aliphatic heterocycles. The zero-order chi connectivity index (χ0) is 22.9. The van der Waals surface area contributed by atoms with Gasteiger partial charge < -0.3 is 15.0 Å². The SMILES string of the molecule is CCN1[C@@H]2c3ccc(C4=CCCCC4)c(=O)n3C[C@H]1[C@H](CO)[C@H]2C(=O)NCc1ccccn1. The van der Waals surface area contributed by atoms with Crippen molar-refractivity contribution >= 4 is 11.5 Å². The normalized spacial score (nSPS) is 26.5. The van der Waals surface area contributed by atoms with Gasteiger partial charge in [0.2, 0.25) is 5.91 Å². The van der Waals surface area contributed by atoms with E-state index in [1.807, 2.05) is 34.9 Å². The third-order valence-electron chi connectivity index (χ3n) is 7.65. The number of amides is 1. The van der Waals surface area contributed by atoms with Crippen molar-refractivity contribution in [2.45, 2.75) is 57.8 Å². The first kappa shape index (κ1) is 22.0. The number of carbonyl (C=O) groups is 1. The summed E-state index contributed by atoms with van der Waals surface area (Å²) in [6, 6.07) is 9.34. The Labute approximate surface area is 194 Å². The van der Waals surface area contributed by atoms with Crippen molar-refractivity contribution in [3.8, 4) is 0 Å². The molecule has 0 unspecified atom stereocenters. The molecular formula is C26H32N4O3. The zero-order valence-electron chi connectivity index (χ0n) is 19.1. The van der Waals surface area contributed by atoms with Gasteiger partial charge in [0.05, 0.1) is 24.2 Å². The second-order valence-electron chi connectivity index (χ2n) is 9.32. The van der Waals surface area contributed by atoms with E-state index >= 15 is 0 Å². The molecule has 7 heteroatoms. The average Bonchev–Trinajstić information content (AvgIpc) is 3.09. The minimum Gasteiger partial charge on any atom is -0.396 e. The number of carbonyl (C=O) groups excluding carboxylic acids is 1. The summed E-state index contributed by atoms with van der Waals surface area (Å²) in [6.45, 7) is 3.61. The fourth-order valence-corrected chi connectivity index (χ4v) is 6.08. The highest BCUT2D eigenvalue weighted by molar-refractivity contribution is 5.80. The van der Waals surface area contributed by atoms with Gasteiger partial charge in [0.25, 0.3) is 5.56 Å². The molecule has 33 heavy (non-hydrogen) atoms. The van der Waals surface area contributed by atoms with Gasteiger partial charge in [0, 0.05) is 42.6 Å². The summed E-state index contributed by atoms with van der Waals surface area (Å²) in [6.07, 6.45) is 8.18. The number of likely N-dealkylation sites (N-methyl/N-ethyl adjacent to an activating group) is 1. The monoisotopic (exact) mass is 448 g/mol. The second-order valence-corrected chi connectivity index (χ2v) is 9.32. The summed E-state index contributed by atoms with van der Waals surface area (Å²) in [7, 11) is 0. The van der Waals surface area contributed by atoms with Crippen LogP contribution in [0.15, 0.2) is 47.4 Å². The first-order valence-corrected chi connectivity index (χ1v) is 12.1. The molecule has 0 spiro atoms. The average molecular weight is 449 g/mol. The Morgan fingerprint density at radius 3 is 2.82 bits per heavy atom. The van der Waals surface area contributed by atoms with Crippen molar-refractivity contribution in [2.75, 3.05) is 13.2 Å². The summed E-state index contributed by atoms with van der Waals surface area (Å²) in [5.74, 6) is -0.738. The lowest BCUT2D eigenvalue weighted by Gasteiger charge is -2.37. The Balaban J connectivity index is 1.49. The van der Waals surface area contributed by atoms with E-state index in [2.05, 4.69) is 28.2 Å². The van der Waals surface area contributed by atoms with Crippen LogP contribution in [0.2, 0.25) is 0 Å². The van der Waals surface area contributed by atoms with Crippen molar-refractivity contribution in [1.29, 1.82) is 0 Å². The molecule has 0 saturated carbocycles. The summed E-state index contributed by atoms with van der Waals surface area (Å²) in [5.41, 5.74) is 3.65. The quantitative estimate of drug-likeness (QED) is 0.709. The van der Waals surface area contributed by atoms with Crippen LogP contribution in [0.5, 0.6) is 0 Å². The van der Waals surface area contributed by atoms with E-state index in [1.165, 1.54) is 6.42 Å². The predicted octanol–water partition coefficient (Wildman–Crippen LogP) is 2.50. The number of allylic oxidation sites excluding steroid dienone is 2. The molecular weight excluding hydrogens is 416 g/mol. The zero-order valence-corrected chi connectivity index (χ0v) is 19.1. The highest BCUT2D eigenvalue weighted by Crippen LogP contribution is 2.48. The van der Waals surface area contributed by atoms with Crippen molar-refractivity contribution in [3.05, 3.63) is 69.9 Å². The van der Waals surface area contributed by atoms with Crippen LogP contribution in [0, 0.1) is 11.8 Å². The van der Waals surface area contributed by atoms with Crippen LogP contribution in [0.25, 0.3) is 5.57 Å².